The summed E-state index contributed by atoms with van der Waals surface area (Å²) in [6, 6.07) is 14.8. The van der Waals surface area contributed by atoms with Gasteiger partial charge in [0.25, 0.3) is 5.91 Å². The molecule has 0 unspecified atom stereocenters. The number of amides is 1. The van der Waals surface area contributed by atoms with Gasteiger partial charge in [0.1, 0.15) is 12.0 Å². The molecule has 9 heteroatoms. The zero-order chi connectivity index (χ0) is 20.6. The third kappa shape index (κ3) is 5.86. The van der Waals surface area contributed by atoms with Gasteiger partial charge in [0, 0.05) is 5.56 Å². The normalized spacial score (nSPS) is 10.6. The summed E-state index contributed by atoms with van der Waals surface area (Å²) in [5, 5.41) is 2.35. The van der Waals surface area contributed by atoms with E-state index >= 15 is 0 Å². The summed E-state index contributed by atoms with van der Waals surface area (Å²) in [5.41, 5.74) is 1.15. The SMILES string of the molecule is O=C(COC(=O)Cc1coc(-c2ccccc2)n1)Nc1ccccc1OC(F)F. The Morgan fingerprint density at radius 1 is 1.07 bits per heavy atom. The number of alkyl halides is 2. The van der Waals surface area contributed by atoms with Crippen LogP contribution in [0.15, 0.2) is 65.3 Å². The maximum Gasteiger partial charge on any atom is 0.387 e. The Bertz CT molecular complexity index is 976. The van der Waals surface area contributed by atoms with Crippen molar-refractivity contribution in [1.29, 1.82) is 0 Å². The van der Waals surface area contributed by atoms with Crippen LogP contribution in [0, 0.1) is 0 Å². The summed E-state index contributed by atoms with van der Waals surface area (Å²) >= 11 is 0. The van der Waals surface area contributed by atoms with Gasteiger partial charge in [-0.2, -0.15) is 8.78 Å². The maximum absolute atomic E-state index is 12.4. The highest BCUT2D eigenvalue weighted by molar-refractivity contribution is 5.94. The quantitative estimate of drug-likeness (QED) is 0.578. The number of anilines is 1. The molecular formula is C20H16F2N2O5. The number of benzene rings is 2. The molecule has 0 saturated heterocycles. The van der Waals surface area contributed by atoms with Crippen LogP contribution in [0.4, 0.5) is 14.5 Å². The Morgan fingerprint density at radius 3 is 2.55 bits per heavy atom. The number of ether oxygens (including phenoxy) is 2. The Morgan fingerprint density at radius 2 is 1.79 bits per heavy atom. The molecule has 0 saturated carbocycles. The molecule has 3 rings (SSSR count). The zero-order valence-corrected chi connectivity index (χ0v) is 15.0. The molecule has 0 spiro atoms. The van der Waals surface area contributed by atoms with E-state index in [9.17, 15) is 18.4 Å². The van der Waals surface area contributed by atoms with E-state index in [2.05, 4.69) is 15.0 Å². The molecule has 0 bridgehead atoms. The molecule has 0 fully saturated rings. The van der Waals surface area contributed by atoms with E-state index in [0.717, 1.165) is 5.56 Å². The smallest absolute Gasteiger partial charge is 0.387 e. The Balaban J connectivity index is 1.50. The van der Waals surface area contributed by atoms with E-state index in [0.29, 0.717) is 11.6 Å². The van der Waals surface area contributed by atoms with E-state index < -0.39 is 25.1 Å². The van der Waals surface area contributed by atoms with Gasteiger partial charge in [0.05, 0.1) is 17.8 Å². The van der Waals surface area contributed by atoms with Gasteiger partial charge in [-0.1, -0.05) is 30.3 Å². The second-order valence-electron chi connectivity index (χ2n) is 5.77. The number of hydrogen-bond acceptors (Lipinski definition) is 6. The fourth-order valence-electron chi connectivity index (χ4n) is 2.40. The lowest BCUT2D eigenvalue weighted by molar-refractivity contribution is -0.146. The minimum Gasteiger partial charge on any atom is -0.455 e. The molecule has 150 valence electrons. The number of rotatable bonds is 8. The van der Waals surface area contributed by atoms with Gasteiger partial charge >= 0.3 is 12.6 Å². The number of para-hydroxylation sites is 2. The van der Waals surface area contributed by atoms with Crippen molar-refractivity contribution in [3.8, 4) is 17.2 Å². The van der Waals surface area contributed by atoms with Crippen molar-refractivity contribution >= 4 is 17.6 Å². The van der Waals surface area contributed by atoms with Gasteiger partial charge in [-0.05, 0) is 24.3 Å². The first-order valence-corrected chi connectivity index (χ1v) is 8.50. The lowest BCUT2D eigenvalue weighted by Crippen LogP contribution is -2.22. The third-order valence-corrected chi connectivity index (χ3v) is 3.64. The van der Waals surface area contributed by atoms with Crippen LogP contribution in [0.25, 0.3) is 11.5 Å². The predicted molar refractivity (Wildman–Crippen MR) is 98.3 cm³/mol. The largest absolute Gasteiger partial charge is 0.455 e. The Kier molecular flexibility index (Phi) is 6.51. The van der Waals surface area contributed by atoms with Crippen molar-refractivity contribution in [3.05, 3.63) is 66.6 Å². The maximum atomic E-state index is 12.4. The van der Waals surface area contributed by atoms with E-state index in [1.165, 1.54) is 30.5 Å². The van der Waals surface area contributed by atoms with Crippen molar-refractivity contribution in [2.75, 3.05) is 11.9 Å². The highest BCUT2D eigenvalue weighted by Gasteiger charge is 2.15. The van der Waals surface area contributed by atoms with Gasteiger partial charge in [0.2, 0.25) is 5.89 Å². The highest BCUT2D eigenvalue weighted by Crippen LogP contribution is 2.25. The Labute approximate surface area is 164 Å². The average molecular weight is 402 g/mol. The number of oxazole rings is 1. The van der Waals surface area contributed by atoms with Crippen LogP contribution in [0.5, 0.6) is 5.75 Å². The lowest BCUT2D eigenvalue weighted by Gasteiger charge is -2.11. The molecule has 7 nitrogen and oxygen atoms in total. The molecule has 2 aromatic carbocycles. The van der Waals surface area contributed by atoms with E-state index in [1.54, 1.807) is 0 Å². The third-order valence-electron chi connectivity index (χ3n) is 3.64. The molecule has 1 aromatic heterocycles. The van der Waals surface area contributed by atoms with Crippen LogP contribution in [0.1, 0.15) is 5.69 Å². The molecule has 29 heavy (non-hydrogen) atoms. The zero-order valence-electron chi connectivity index (χ0n) is 15.0. The van der Waals surface area contributed by atoms with Crippen LogP contribution in [-0.4, -0.2) is 30.1 Å². The summed E-state index contributed by atoms with van der Waals surface area (Å²) < 4.78 is 39.3. The molecule has 1 N–H and O–H groups in total. The second kappa shape index (κ2) is 9.45. The second-order valence-corrected chi connectivity index (χ2v) is 5.77. The van der Waals surface area contributed by atoms with Crippen LogP contribution in [0.3, 0.4) is 0 Å². The molecular weight excluding hydrogens is 386 g/mol. The van der Waals surface area contributed by atoms with Crippen LogP contribution < -0.4 is 10.1 Å². The van der Waals surface area contributed by atoms with Crippen molar-refractivity contribution in [3.63, 3.8) is 0 Å². The molecule has 0 aliphatic heterocycles. The first-order chi connectivity index (χ1) is 14.0. The summed E-state index contributed by atoms with van der Waals surface area (Å²) in [5.74, 6) is -1.22. The average Bonchev–Trinajstić information content (AvgIpc) is 3.17. The molecule has 0 aliphatic rings. The topological polar surface area (TPSA) is 90.7 Å². The van der Waals surface area contributed by atoms with Gasteiger partial charge in [-0.3, -0.25) is 9.59 Å². The molecule has 1 heterocycles. The number of nitrogens with one attached hydrogen (secondary N) is 1. The van der Waals surface area contributed by atoms with Crippen molar-refractivity contribution in [2.45, 2.75) is 13.0 Å². The minimum absolute atomic E-state index is 0.0397. The molecule has 3 aromatic rings. The summed E-state index contributed by atoms with van der Waals surface area (Å²) in [7, 11) is 0. The number of carbonyl (C=O) groups is 2. The first-order valence-electron chi connectivity index (χ1n) is 8.50. The number of carbonyl (C=O) groups excluding carboxylic acids is 2. The number of nitrogens with zero attached hydrogens (tertiary/aromatic N) is 1. The van der Waals surface area contributed by atoms with Gasteiger partial charge in [0.15, 0.2) is 6.61 Å². The van der Waals surface area contributed by atoms with E-state index in [4.69, 9.17) is 9.15 Å². The van der Waals surface area contributed by atoms with Crippen molar-refractivity contribution < 1.29 is 32.3 Å². The fraction of sp³-hybridized carbons (Fsp3) is 0.150. The highest BCUT2D eigenvalue weighted by atomic mass is 19.3. The van der Waals surface area contributed by atoms with Crippen molar-refractivity contribution in [1.82, 2.24) is 4.98 Å². The standard InChI is InChI=1S/C20H16F2N2O5/c21-20(22)29-16-9-5-4-8-15(16)24-17(25)12-27-18(26)10-14-11-28-19(23-14)13-6-2-1-3-7-13/h1-9,11,20H,10,12H2,(H,24,25). The summed E-state index contributed by atoms with van der Waals surface area (Å²) in [4.78, 5) is 28.0. The minimum atomic E-state index is -3.03. The Hall–Kier alpha value is -3.75. The van der Waals surface area contributed by atoms with Gasteiger partial charge in [-0.15, -0.1) is 0 Å². The van der Waals surface area contributed by atoms with E-state index in [1.807, 2.05) is 30.3 Å². The van der Waals surface area contributed by atoms with Gasteiger partial charge < -0.3 is 19.2 Å². The lowest BCUT2D eigenvalue weighted by atomic mass is 10.2. The number of aromatic nitrogens is 1. The first kappa shape index (κ1) is 20.0. The molecule has 0 atom stereocenters. The number of halogens is 2. The van der Waals surface area contributed by atoms with Crippen LogP contribution in [-0.2, 0) is 20.7 Å². The van der Waals surface area contributed by atoms with Gasteiger partial charge in [-0.25, -0.2) is 4.98 Å². The van der Waals surface area contributed by atoms with Crippen LogP contribution in [0.2, 0.25) is 0 Å². The monoisotopic (exact) mass is 402 g/mol. The predicted octanol–water partition coefficient (Wildman–Crippen LogP) is 3.67. The van der Waals surface area contributed by atoms with Crippen molar-refractivity contribution in [2.24, 2.45) is 0 Å². The summed E-state index contributed by atoms with van der Waals surface area (Å²) in [6.07, 6.45) is 1.15. The van der Waals surface area contributed by atoms with Crippen LogP contribution >= 0.6 is 0 Å². The number of hydrogen-bond donors (Lipinski definition) is 1. The molecule has 0 radical (unpaired) electrons. The summed E-state index contributed by atoms with van der Waals surface area (Å²) in [6.45, 7) is -3.63. The molecule has 0 aliphatic carbocycles. The fourth-order valence-corrected chi connectivity index (χ4v) is 2.40. The van der Waals surface area contributed by atoms with E-state index in [-0.39, 0.29) is 17.9 Å². The number of esters is 1. The molecule has 1 amide bonds.